The smallest absolute Gasteiger partial charge is 0.318 e. The summed E-state index contributed by atoms with van der Waals surface area (Å²) in [5.41, 5.74) is 0. The fourth-order valence-corrected chi connectivity index (χ4v) is 6.26. The van der Waals surface area contributed by atoms with Gasteiger partial charge in [-0.05, 0) is 18.6 Å². The molecule has 11 heteroatoms. The van der Waals surface area contributed by atoms with E-state index < -0.39 is 44.2 Å². The molecule has 1 aliphatic heterocycles. The number of benzene rings is 1. The largest absolute Gasteiger partial charge is 0.497 e. The second kappa shape index (κ2) is 7.18. The Kier molecular flexibility index (Phi) is 5.59. The van der Waals surface area contributed by atoms with E-state index in [4.69, 9.17) is 14.6 Å². The first-order valence-corrected chi connectivity index (χ1v) is 10.5. The standard InChI is InChI=1S/C14H19NO8S2/c1-22-11-3-4-12(23-2)13(7-11)25(20,21)15(8-14(16)17)10-5-6-24(18,19)9-10/h3-4,7,10H,5-6,8-9H2,1-2H3,(H,16,17)/t10-/m1/s1. The van der Waals surface area contributed by atoms with Crippen molar-refractivity contribution >= 4 is 25.8 Å². The third-order valence-electron chi connectivity index (χ3n) is 3.86. The van der Waals surface area contributed by atoms with Gasteiger partial charge < -0.3 is 14.6 Å². The number of hydrogen-bond donors (Lipinski definition) is 1. The van der Waals surface area contributed by atoms with Gasteiger partial charge in [-0.1, -0.05) is 0 Å². The molecule has 0 spiro atoms. The fraction of sp³-hybridized carbons (Fsp3) is 0.500. The summed E-state index contributed by atoms with van der Waals surface area (Å²) in [5, 5.41) is 9.10. The fourth-order valence-electron chi connectivity index (χ4n) is 2.66. The van der Waals surface area contributed by atoms with Gasteiger partial charge in [0.1, 0.15) is 22.9 Å². The molecule has 1 aliphatic rings. The average Bonchev–Trinajstić information content (AvgIpc) is 2.91. The van der Waals surface area contributed by atoms with E-state index in [1.165, 1.54) is 32.4 Å². The topological polar surface area (TPSA) is 127 Å². The molecule has 0 radical (unpaired) electrons. The van der Waals surface area contributed by atoms with Crippen molar-refractivity contribution in [3.63, 3.8) is 0 Å². The van der Waals surface area contributed by atoms with E-state index in [2.05, 4.69) is 0 Å². The first kappa shape index (κ1) is 19.5. The molecule has 1 saturated heterocycles. The number of methoxy groups -OCH3 is 2. The summed E-state index contributed by atoms with van der Waals surface area (Å²) < 4.78 is 60.3. The molecular formula is C14H19NO8S2. The molecule has 25 heavy (non-hydrogen) atoms. The summed E-state index contributed by atoms with van der Waals surface area (Å²) in [6.07, 6.45) is 0.0428. The van der Waals surface area contributed by atoms with Crippen molar-refractivity contribution in [2.45, 2.75) is 17.4 Å². The Morgan fingerprint density at radius 3 is 2.48 bits per heavy atom. The lowest BCUT2D eigenvalue weighted by Crippen LogP contribution is -2.44. The molecule has 1 aromatic rings. The highest BCUT2D eigenvalue weighted by molar-refractivity contribution is 7.92. The van der Waals surface area contributed by atoms with Crippen molar-refractivity contribution in [3.05, 3.63) is 18.2 Å². The number of carbonyl (C=O) groups is 1. The van der Waals surface area contributed by atoms with Crippen molar-refractivity contribution in [1.29, 1.82) is 0 Å². The molecule has 2 rings (SSSR count). The van der Waals surface area contributed by atoms with Gasteiger partial charge in [0.2, 0.25) is 10.0 Å². The van der Waals surface area contributed by atoms with E-state index in [9.17, 15) is 21.6 Å². The van der Waals surface area contributed by atoms with Crippen molar-refractivity contribution < 1.29 is 36.2 Å². The van der Waals surface area contributed by atoms with Crippen molar-refractivity contribution in [2.75, 3.05) is 32.3 Å². The third kappa shape index (κ3) is 4.22. The van der Waals surface area contributed by atoms with Crippen LogP contribution in [-0.4, -0.2) is 70.5 Å². The monoisotopic (exact) mass is 393 g/mol. The summed E-state index contributed by atoms with van der Waals surface area (Å²) in [6.45, 7) is -0.844. The number of rotatable bonds is 7. The minimum Gasteiger partial charge on any atom is -0.497 e. The molecule has 1 atom stereocenters. The number of sulfonamides is 1. The van der Waals surface area contributed by atoms with Gasteiger partial charge in [0.15, 0.2) is 9.84 Å². The second-order valence-electron chi connectivity index (χ2n) is 5.52. The third-order valence-corrected chi connectivity index (χ3v) is 7.53. The molecule has 0 bridgehead atoms. The molecule has 0 aliphatic carbocycles. The van der Waals surface area contributed by atoms with E-state index >= 15 is 0 Å². The summed E-state index contributed by atoms with van der Waals surface area (Å²) >= 11 is 0. The Hall–Kier alpha value is -1.85. The van der Waals surface area contributed by atoms with Crippen LogP contribution in [0.15, 0.2) is 23.1 Å². The minimum atomic E-state index is -4.32. The predicted octanol–water partition coefficient (Wildman–Crippen LogP) is -0.0338. The zero-order valence-electron chi connectivity index (χ0n) is 13.7. The number of nitrogens with zero attached hydrogens (tertiary/aromatic N) is 1. The summed E-state index contributed by atoms with van der Waals surface area (Å²) in [5.74, 6) is -1.72. The van der Waals surface area contributed by atoms with E-state index in [-0.39, 0.29) is 28.6 Å². The first-order valence-electron chi connectivity index (χ1n) is 7.27. The Bertz CT molecular complexity index is 863. The normalized spacial score (nSPS) is 19.7. The summed E-state index contributed by atoms with van der Waals surface area (Å²) in [7, 11) is -5.09. The SMILES string of the molecule is COc1ccc(OC)c(S(=O)(=O)N(CC(=O)O)[C@@H]2CCS(=O)(=O)C2)c1. The number of sulfone groups is 1. The average molecular weight is 393 g/mol. The van der Waals surface area contributed by atoms with Gasteiger partial charge >= 0.3 is 5.97 Å². The van der Waals surface area contributed by atoms with E-state index in [0.29, 0.717) is 4.31 Å². The summed E-state index contributed by atoms with van der Waals surface area (Å²) in [6, 6.07) is 3.16. The molecule has 9 nitrogen and oxygen atoms in total. The molecule has 140 valence electrons. The minimum absolute atomic E-state index is 0.0112. The van der Waals surface area contributed by atoms with Gasteiger partial charge in [0, 0.05) is 12.1 Å². The van der Waals surface area contributed by atoms with Crippen LogP contribution in [0, 0.1) is 0 Å². The number of carboxylic acid groups (broad SMARTS) is 1. The maximum Gasteiger partial charge on any atom is 0.318 e. The van der Waals surface area contributed by atoms with Gasteiger partial charge in [-0.2, -0.15) is 4.31 Å². The lowest BCUT2D eigenvalue weighted by Gasteiger charge is -2.26. The highest BCUT2D eigenvalue weighted by Crippen LogP contribution is 2.33. The Balaban J connectivity index is 2.54. The van der Waals surface area contributed by atoms with E-state index in [1.54, 1.807) is 0 Å². The number of hydrogen-bond acceptors (Lipinski definition) is 7. The molecule has 0 amide bonds. The van der Waals surface area contributed by atoms with E-state index in [0.717, 1.165) is 0 Å². The lowest BCUT2D eigenvalue weighted by atomic mass is 10.2. The van der Waals surface area contributed by atoms with Crippen LogP contribution in [0.25, 0.3) is 0 Å². The molecule has 1 N–H and O–H groups in total. The van der Waals surface area contributed by atoms with Gasteiger partial charge in [0.05, 0.1) is 25.7 Å². The van der Waals surface area contributed by atoms with Crippen molar-refractivity contribution in [2.24, 2.45) is 0 Å². The highest BCUT2D eigenvalue weighted by Gasteiger charge is 2.41. The van der Waals surface area contributed by atoms with E-state index in [1.807, 2.05) is 0 Å². The molecule has 1 heterocycles. The van der Waals surface area contributed by atoms with Gasteiger partial charge in [-0.15, -0.1) is 0 Å². The van der Waals surface area contributed by atoms with Crippen LogP contribution in [0.4, 0.5) is 0 Å². The maximum atomic E-state index is 13.0. The van der Waals surface area contributed by atoms with Crippen molar-refractivity contribution in [3.8, 4) is 11.5 Å². The van der Waals surface area contributed by atoms with Crippen LogP contribution in [0.1, 0.15) is 6.42 Å². The number of carboxylic acids is 1. The molecule has 0 aromatic heterocycles. The molecule has 0 unspecified atom stereocenters. The van der Waals surface area contributed by atoms with Crippen LogP contribution in [-0.2, 0) is 24.7 Å². The van der Waals surface area contributed by atoms with Gasteiger partial charge in [-0.3, -0.25) is 4.79 Å². The van der Waals surface area contributed by atoms with Gasteiger partial charge in [-0.25, -0.2) is 16.8 Å². The zero-order valence-corrected chi connectivity index (χ0v) is 15.3. The quantitative estimate of drug-likeness (QED) is 0.684. The molecular weight excluding hydrogens is 374 g/mol. The predicted molar refractivity (Wildman–Crippen MR) is 88.1 cm³/mol. The highest BCUT2D eigenvalue weighted by atomic mass is 32.2. The number of ether oxygens (including phenoxy) is 2. The second-order valence-corrected chi connectivity index (χ2v) is 9.61. The maximum absolute atomic E-state index is 13.0. The zero-order chi connectivity index (χ0) is 18.8. The van der Waals surface area contributed by atoms with Crippen LogP contribution >= 0.6 is 0 Å². The first-order chi connectivity index (χ1) is 11.6. The van der Waals surface area contributed by atoms with Crippen LogP contribution in [0.3, 0.4) is 0 Å². The Labute approximate surface area is 146 Å². The van der Waals surface area contributed by atoms with Crippen LogP contribution < -0.4 is 9.47 Å². The molecule has 0 saturated carbocycles. The van der Waals surface area contributed by atoms with Crippen molar-refractivity contribution in [1.82, 2.24) is 4.31 Å². The Morgan fingerprint density at radius 2 is 2.00 bits per heavy atom. The lowest BCUT2D eigenvalue weighted by molar-refractivity contribution is -0.137. The van der Waals surface area contributed by atoms with Crippen LogP contribution in [0.5, 0.6) is 11.5 Å². The van der Waals surface area contributed by atoms with Gasteiger partial charge in [0.25, 0.3) is 0 Å². The molecule has 1 aromatic carbocycles. The number of aliphatic carboxylic acids is 1. The Morgan fingerprint density at radius 1 is 1.32 bits per heavy atom. The molecule has 1 fully saturated rings. The van der Waals surface area contributed by atoms with Crippen LogP contribution in [0.2, 0.25) is 0 Å². The summed E-state index contributed by atoms with van der Waals surface area (Å²) in [4.78, 5) is 10.9.